The number of ether oxygens (including phenoxy) is 1. The summed E-state index contributed by atoms with van der Waals surface area (Å²) in [5, 5.41) is 3.55. The smallest absolute Gasteiger partial charge is 0.118 e. The standard InChI is InChI=1S/C16H18Br2N2O/c1-3-15(11-4-6-13(21-2)7-5-11)20-10-16-14(18)8-12(17)9-19-16/h4-9,15,20H,3,10H2,1-2H3. The van der Waals surface area contributed by atoms with Crippen LogP contribution in [0.1, 0.15) is 30.6 Å². The molecule has 0 saturated heterocycles. The maximum absolute atomic E-state index is 5.20. The molecule has 1 aromatic carbocycles. The molecule has 0 fully saturated rings. The minimum absolute atomic E-state index is 0.299. The summed E-state index contributed by atoms with van der Waals surface area (Å²) in [5.74, 6) is 0.880. The summed E-state index contributed by atoms with van der Waals surface area (Å²) < 4.78 is 7.18. The van der Waals surface area contributed by atoms with Gasteiger partial charge < -0.3 is 10.1 Å². The van der Waals surface area contributed by atoms with E-state index >= 15 is 0 Å². The average Bonchev–Trinajstić information content (AvgIpc) is 2.50. The normalized spacial score (nSPS) is 12.2. The molecule has 0 bridgehead atoms. The van der Waals surface area contributed by atoms with Crippen molar-refractivity contribution in [2.45, 2.75) is 25.9 Å². The van der Waals surface area contributed by atoms with Gasteiger partial charge in [0.25, 0.3) is 0 Å². The molecule has 0 spiro atoms. The van der Waals surface area contributed by atoms with Gasteiger partial charge in [0.1, 0.15) is 5.75 Å². The summed E-state index contributed by atoms with van der Waals surface area (Å²) in [6.45, 7) is 2.89. The highest BCUT2D eigenvalue weighted by Gasteiger charge is 2.10. The van der Waals surface area contributed by atoms with Crippen LogP contribution < -0.4 is 10.1 Å². The number of hydrogen-bond acceptors (Lipinski definition) is 3. The monoisotopic (exact) mass is 412 g/mol. The molecule has 21 heavy (non-hydrogen) atoms. The molecule has 0 saturated carbocycles. The quantitative estimate of drug-likeness (QED) is 0.734. The van der Waals surface area contributed by atoms with Crippen molar-refractivity contribution in [2.75, 3.05) is 7.11 Å². The lowest BCUT2D eigenvalue weighted by molar-refractivity contribution is 0.414. The molecule has 1 atom stereocenters. The predicted molar refractivity (Wildman–Crippen MR) is 92.5 cm³/mol. The number of hydrogen-bond donors (Lipinski definition) is 1. The van der Waals surface area contributed by atoms with Crippen LogP contribution in [-0.2, 0) is 6.54 Å². The molecule has 1 heterocycles. The summed E-state index contributed by atoms with van der Waals surface area (Å²) >= 11 is 6.96. The first-order valence-corrected chi connectivity index (χ1v) is 8.40. The Morgan fingerprint density at radius 3 is 2.52 bits per heavy atom. The van der Waals surface area contributed by atoms with Crippen LogP contribution in [0.15, 0.2) is 45.5 Å². The summed E-state index contributed by atoms with van der Waals surface area (Å²) in [5.41, 5.74) is 2.26. The van der Waals surface area contributed by atoms with Crippen LogP contribution in [0.2, 0.25) is 0 Å². The summed E-state index contributed by atoms with van der Waals surface area (Å²) in [6, 6.07) is 10.5. The Balaban J connectivity index is 2.04. The third-order valence-electron chi connectivity index (χ3n) is 3.33. The zero-order valence-corrected chi connectivity index (χ0v) is 15.2. The molecule has 0 aliphatic carbocycles. The maximum Gasteiger partial charge on any atom is 0.118 e. The van der Waals surface area contributed by atoms with Gasteiger partial charge >= 0.3 is 0 Å². The molecule has 2 aromatic rings. The zero-order valence-electron chi connectivity index (χ0n) is 12.1. The van der Waals surface area contributed by atoms with E-state index in [1.807, 2.05) is 24.4 Å². The van der Waals surface area contributed by atoms with E-state index in [9.17, 15) is 0 Å². The Labute approximate surface area is 142 Å². The summed E-state index contributed by atoms with van der Waals surface area (Å²) in [4.78, 5) is 4.43. The first-order valence-electron chi connectivity index (χ1n) is 6.81. The predicted octanol–water partition coefficient (Wildman–Crippen LogP) is 4.86. The molecule has 3 nitrogen and oxygen atoms in total. The molecule has 112 valence electrons. The van der Waals surface area contributed by atoms with Crippen LogP contribution in [0.4, 0.5) is 0 Å². The fraction of sp³-hybridized carbons (Fsp3) is 0.312. The first kappa shape index (κ1) is 16.5. The molecule has 0 radical (unpaired) electrons. The van der Waals surface area contributed by atoms with Gasteiger partial charge in [0.15, 0.2) is 0 Å². The van der Waals surface area contributed by atoms with E-state index < -0.39 is 0 Å². The highest BCUT2D eigenvalue weighted by molar-refractivity contribution is 9.11. The fourth-order valence-electron chi connectivity index (χ4n) is 2.13. The minimum atomic E-state index is 0.299. The van der Waals surface area contributed by atoms with Crippen LogP contribution in [-0.4, -0.2) is 12.1 Å². The summed E-state index contributed by atoms with van der Waals surface area (Å²) in [6.07, 6.45) is 2.83. The highest BCUT2D eigenvalue weighted by atomic mass is 79.9. The van der Waals surface area contributed by atoms with Crippen molar-refractivity contribution in [3.05, 3.63) is 56.7 Å². The number of halogens is 2. The molecule has 5 heteroatoms. The molecular weight excluding hydrogens is 396 g/mol. The van der Waals surface area contributed by atoms with Gasteiger partial charge in [-0.25, -0.2) is 0 Å². The lowest BCUT2D eigenvalue weighted by Gasteiger charge is -2.18. The van der Waals surface area contributed by atoms with E-state index in [0.29, 0.717) is 6.04 Å². The lowest BCUT2D eigenvalue weighted by atomic mass is 10.0. The van der Waals surface area contributed by atoms with Crippen molar-refractivity contribution in [3.63, 3.8) is 0 Å². The minimum Gasteiger partial charge on any atom is -0.497 e. The Morgan fingerprint density at radius 1 is 1.24 bits per heavy atom. The van der Waals surface area contributed by atoms with Crippen LogP contribution in [0.3, 0.4) is 0 Å². The van der Waals surface area contributed by atoms with Crippen molar-refractivity contribution in [1.29, 1.82) is 0 Å². The van der Waals surface area contributed by atoms with E-state index in [1.165, 1.54) is 5.56 Å². The SMILES string of the molecule is CCC(NCc1ncc(Br)cc1Br)c1ccc(OC)cc1. The molecular formula is C16H18Br2N2O. The largest absolute Gasteiger partial charge is 0.497 e. The topological polar surface area (TPSA) is 34.2 Å². The number of rotatable bonds is 6. The fourth-order valence-corrected chi connectivity index (χ4v) is 3.25. The van der Waals surface area contributed by atoms with Crippen LogP contribution >= 0.6 is 31.9 Å². The number of nitrogens with one attached hydrogen (secondary N) is 1. The van der Waals surface area contributed by atoms with E-state index in [0.717, 1.165) is 33.4 Å². The Hall–Kier alpha value is -0.910. The van der Waals surface area contributed by atoms with Crippen LogP contribution in [0, 0.1) is 0 Å². The number of nitrogens with zero attached hydrogens (tertiary/aromatic N) is 1. The van der Waals surface area contributed by atoms with E-state index in [-0.39, 0.29) is 0 Å². The molecule has 1 unspecified atom stereocenters. The van der Waals surface area contributed by atoms with E-state index in [4.69, 9.17) is 4.74 Å². The van der Waals surface area contributed by atoms with E-state index in [1.54, 1.807) is 7.11 Å². The Morgan fingerprint density at radius 2 is 1.95 bits per heavy atom. The Kier molecular flexibility index (Phi) is 6.21. The van der Waals surface area contributed by atoms with Crippen molar-refractivity contribution in [3.8, 4) is 5.75 Å². The molecule has 1 aromatic heterocycles. The number of aromatic nitrogens is 1. The second kappa shape index (κ2) is 7.92. The van der Waals surface area contributed by atoms with Gasteiger partial charge in [-0.3, -0.25) is 4.98 Å². The summed E-state index contributed by atoms with van der Waals surface area (Å²) in [7, 11) is 1.68. The second-order valence-corrected chi connectivity index (χ2v) is 6.47. The van der Waals surface area contributed by atoms with Gasteiger partial charge in [0.05, 0.1) is 12.8 Å². The number of pyridine rings is 1. The third kappa shape index (κ3) is 4.53. The molecule has 0 aliphatic rings. The van der Waals surface area contributed by atoms with Crippen LogP contribution in [0.25, 0.3) is 0 Å². The van der Waals surface area contributed by atoms with Crippen molar-refractivity contribution >= 4 is 31.9 Å². The molecule has 2 rings (SSSR count). The van der Waals surface area contributed by atoms with E-state index in [2.05, 4.69) is 61.2 Å². The highest BCUT2D eigenvalue weighted by Crippen LogP contribution is 2.23. The van der Waals surface area contributed by atoms with Crippen molar-refractivity contribution in [1.82, 2.24) is 10.3 Å². The molecule has 0 aliphatic heterocycles. The van der Waals surface area contributed by atoms with Crippen molar-refractivity contribution < 1.29 is 4.74 Å². The maximum atomic E-state index is 5.20. The number of benzene rings is 1. The third-order valence-corrected chi connectivity index (χ3v) is 4.45. The zero-order chi connectivity index (χ0) is 15.2. The van der Waals surface area contributed by atoms with Crippen molar-refractivity contribution in [2.24, 2.45) is 0 Å². The van der Waals surface area contributed by atoms with Gasteiger partial charge in [-0.1, -0.05) is 19.1 Å². The van der Waals surface area contributed by atoms with Gasteiger partial charge in [-0.15, -0.1) is 0 Å². The lowest BCUT2D eigenvalue weighted by Crippen LogP contribution is -2.21. The molecule has 1 N–H and O–H groups in total. The van der Waals surface area contributed by atoms with Gasteiger partial charge in [-0.2, -0.15) is 0 Å². The number of methoxy groups -OCH3 is 1. The van der Waals surface area contributed by atoms with Gasteiger partial charge in [0.2, 0.25) is 0 Å². The Bertz CT molecular complexity index is 587. The van der Waals surface area contributed by atoms with Gasteiger partial charge in [-0.05, 0) is 62.0 Å². The average molecular weight is 414 g/mol. The molecule has 0 amide bonds. The first-order chi connectivity index (χ1) is 10.1. The second-order valence-electron chi connectivity index (χ2n) is 4.70. The van der Waals surface area contributed by atoms with Gasteiger partial charge in [0, 0.05) is 27.7 Å². The van der Waals surface area contributed by atoms with Crippen LogP contribution in [0.5, 0.6) is 5.75 Å².